The number of benzene rings is 3. The van der Waals surface area contributed by atoms with Crippen LogP contribution in [-0.4, -0.2) is 48.6 Å². The number of aromatic nitrogens is 1. The van der Waals surface area contributed by atoms with Crippen LogP contribution in [0.25, 0.3) is 22.2 Å². The van der Waals surface area contributed by atoms with Crippen LogP contribution in [0.4, 0.5) is 17.1 Å². The van der Waals surface area contributed by atoms with Gasteiger partial charge in [0.25, 0.3) is 0 Å². The van der Waals surface area contributed by atoms with E-state index in [0.29, 0.717) is 16.9 Å². The summed E-state index contributed by atoms with van der Waals surface area (Å²) in [6.07, 6.45) is 0. The van der Waals surface area contributed by atoms with Gasteiger partial charge >= 0.3 is 0 Å². The molecule has 0 atom stereocenters. The number of carbonyl (C=O) groups excluding carboxylic acids is 1. The first kappa shape index (κ1) is 20.9. The van der Waals surface area contributed by atoms with Crippen molar-refractivity contribution in [2.24, 2.45) is 0 Å². The fourth-order valence-corrected chi connectivity index (χ4v) is 5.20. The summed E-state index contributed by atoms with van der Waals surface area (Å²) in [5.41, 5.74) is 8.00. The van der Waals surface area contributed by atoms with Gasteiger partial charge in [0.2, 0.25) is 0 Å². The topological polar surface area (TPSA) is 61.6 Å². The molecule has 0 spiro atoms. The van der Waals surface area contributed by atoms with Gasteiger partial charge in [-0.2, -0.15) is 0 Å². The Morgan fingerprint density at radius 3 is 2.50 bits per heavy atom. The van der Waals surface area contributed by atoms with Gasteiger partial charge in [-0.25, -0.2) is 0 Å². The molecule has 0 saturated carbocycles. The lowest BCUT2D eigenvalue weighted by atomic mass is 9.86. The summed E-state index contributed by atoms with van der Waals surface area (Å²) < 4.78 is 5.93. The predicted octanol–water partition coefficient (Wildman–Crippen LogP) is 5.54. The number of piperazine rings is 1. The van der Waals surface area contributed by atoms with E-state index in [1.54, 1.807) is 0 Å². The van der Waals surface area contributed by atoms with Gasteiger partial charge < -0.3 is 19.6 Å². The standard InChI is InChI=1S/C28H28N4O2/c1-4-31-11-13-32(14-12-31)23-16-22(29-21-15-17(2)9-10-18(21)3)24-25-26(23)30-34-28(25)20-8-6-5-7-19(20)27(24)33/h5-10,15-16,29H,4,11-14H2,1-3H3. The monoisotopic (exact) mass is 452 g/mol. The molecule has 1 fully saturated rings. The number of rotatable bonds is 4. The molecule has 0 radical (unpaired) electrons. The normalized spacial score (nSPS) is 15.6. The van der Waals surface area contributed by atoms with Crippen LogP contribution < -0.4 is 10.2 Å². The molecule has 0 bridgehead atoms. The molecule has 1 N–H and O–H groups in total. The summed E-state index contributed by atoms with van der Waals surface area (Å²) in [6.45, 7) is 11.3. The van der Waals surface area contributed by atoms with Crippen LogP contribution in [-0.2, 0) is 0 Å². The Balaban J connectivity index is 1.57. The first-order valence-corrected chi connectivity index (χ1v) is 12.0. The number of aryl methyl sites for hydroxylation is 2. The average molecular weight is 453 g/mol. The Bertz CT molecular complexity index is 1430. The molecule has 6 rings (SSSR count). The zero-order valence-corrected chi connectivity index (χ0v) is 19.8. The van der Waals surface area contributed by atoms with Crippen molar-refractivity contribution in [1.82, 2.24) is 10.1 Å². The molecular formula is C28H28N4O2. The summed E-state index contributed by atoms with van der Waals surface area (Å²) in [6, 6.07) is 16.1. The highest BCUT2D eigenvalue weighted by molar-refractivity contribution is 6.28. The summed E-state index contributed by atoms with van der Waals surface area (Å²) >= 11 is 0. The minimum absolute atomic E-state index is 0.00598. The highest BCUT2D eigenvalue weighted by atomic mass is 16.5. The summed E-state index contributed by atoms with van der Waals surface area (Å²) in [5, 5.41) is 8.93. The molecule has 34 heavy (non-hydrogen) atoms. The van der Waals surface area contributed by atoms with Crippen molar-refractivity contribution in [3.63, 3.8) is 0 Å². The molecule has 1 aliphatic heterocycles. The largest absolute Gasteiger partial charge is 0.367 e. The molecule has 172 valence electrons. The van der Waals surface area contributed by atoms with Crippen molar-refractivity contribution >= 4 is 33.7 Å². The zero-order chi connectivity index (χ0) is 23.4. The van der Waals surface area contributed by atoms with Gasteiger partial charge in [-0.1, -0.05) is 48.5 Å². The third kappa shape index (κ3) is 3.21. The van der Waals surface area contributed by atoms with Gasteiger partial charge in [-0.15, -0.1) is 0 Å². The van der Waals surface area contributed by atoms with E-state index in [9.17, 15) is 4.79 Å². The van der Waals surface area contributed by atoms with E-state index in [1.807, 2.05) is 24.3 Å². The van der Waals surface area contributed by atoms with E-state index in [0.717, 1.165) is 71.8 Å². The van der Waals surface area contributed by atoms with E-state index < -0.39 is 0 Å². The second-order valence-electron chi connectivity index (χ2n) is 9.29. The number of nitrogens with one attached hydrogen (secondary N) is 1. The number of carbonyl (C=O) groups is 1. The number of anilines is 3. The lowest BCUT2D eigenvalue weighted by Gasteiger charge is -2.36. The van der Waals surface area contributed by atoms with E-state index in [1.165, 1.54) is 5.56 Å². The third-order valence-corrected chi connectivity index (χ3v) is 7.20. The maximum absolute atomic E-state index is 13.8. The SMILES string of the molecule is CCN1CCN(c2cc(Nc3cc(C)ccc3C)c3c4c(onc24)-c2ccccc2C3=O)CC1. The van der Waals surface area contributed by atoms with Gasteiger partial charge in [0, 0.05) is 43.0 Å². The van der Waals surface area contributed by atoms with Gasteiger partial charge in [0.15, 0.2) is 11.5 Å². The van der Waals surface area contributed by atoms with Crippen LogP contribution >= 0.6 is 0 Å². The molecule has 4 aromatic rings. The number of likely N-dealkylation sites (N-methyl/N-ethyl adjacent to an activating group) is 1. The first-order chi connectivity index (χ1) is 16.5. The fourth-order valence-electron chi connectivity index (χ4n) is 5.20. The Labute approximate surface area is 199 Å². The molecule has 6 heteroatoms. The lowest BCUT2D eigenvalue weighted by Crippen LogP contribution is -2.46. The third-order valence-electron chi connectivity index (χ3n) is 7.20. The molecular weight excluding hydrogens is 424 g/mol. The molecule has 0 amide bonds. The fraction of sp³-hybridized carbons (Fsp3) is 0.286. The van der Waals surface area contributed by atoms with Gasteiger partial charge in [-0.05, 0) is 43.7 Å². The maximum Gasteiger partial charge on any atom is 0.196 e. The van der Waals surface area contributed by atoms with Crippen molar-refractivity contribution in [3.05, 3.63) is 70.8 Å². The van der Waals surface area contributed by atoms with Crippen LogP contribution in [0.3, 0.4) is 0 Å². The highest BCUT2D eigenvalue weighted by Crippen LogP contribution is 2.46. The van der Waals surface area contributed by atoms with Gasteiger partial charge in [-0.3, -0.25) is 4.79 Å². The Hall–Kier alpha value is -3.64. The highest BCUT2D eigenvalue weighted by Gasteiger charge is 2.34. The molecule has 2 heterocycles. The van der Waals surface area contributed by atoms with Crippen LogP contribution in [0, 0.1) is 13.8 Å². The number of hydrogen-bond acceptors (Lipinski definition) is 6. The Morgan fingerprint density at radius 2 is 1.74 bits per heavy atom. The number of nitrogens with zero attached hydrogens (tertiary/aromatic N) is 3. The van der Waals surface area contributed by atoms with E-state index in [2.05, 4.69) is 65.3 Å². The minimum atomic E-state index is 0.00598. The molecule has 1 aliphatic carbocycles. The molecule has 3 aromatic carbocycles. The van der Waals surface area contributed by atoms with Crippen LogP contribution in [0.1, 0.15) is 34.0 Å². The van der Waals surface area contributed by atoms with Crippen LogP contribution in [0.15, 0.2) is 53.1 Å². The maximum atomic E-state index is 13.8. The summed E-state index contributed by atoms with van der Waals surface area (Å²) in [4.78, 5) is 18.6. The molecule has 6 nitrogen and oxygen atoms in total. The Morgan fingerprint density at radius 1 is 0.971 bits per heavy atom. The zero-order valence-electron chi connectivity index (χ0n) is 19.8. The van der Waals surface area contributed by atoms with Crippen LogP contribution in [0.5, 0.6) is 0 Å². The molecule has 2 aliphatic rings. The van der Waals surface area contributed by atoms with E-state index >= 15 is 0 Å². The number of fused-ring (bicyclic) bond motifs is 2. The van der Waals surface area contributed by atoms with E-state index in [4.69, 9.17) is 4.52 Å². The number of ketones is 1. The van der Waals surface area contributed by atoms with Crippen molar-refractivity contribution in [1.29, 1.82) is 0 Å². The second kappa shape index (κ2) is 7.99. The van der Waals surface area contributed by atoms with Crippen molar-refractivity contribution in [3.8, 4) is 11.3 Å². The summed E-state index contributed by atoms with van der Waals surface area (Å²) in [7, 11) is 0. The van der Waals surface area contributed by atoms with Gasteiger partial charge in [0.1, 0.15) is 5.52 Å². The van der Waals surface area contributed by atoms with E-state index in [-0.39, 0.29) is 5.78 Å². The molecule has 1 aromatic heterocycles. The lowest BCUT2D eigenvalue weighted by molar-refractivity contribution is 0.104. The van der Waals surface area contributed by atoms with Crippen molar-refractivity contribution in [2.45, 2.75) is 20.8 Å². The second-order valence-corrected chi connectivity index (χ2v) is 9.29. The van der Waals surface area contributed by atoms with Crippen LogP contribution in [0.2, 0.25) is 0 Å². The van der Waals surface area contributed by atoms with Crippen molar-refractivity contribution in [2.75, 3.05) is 42.9 Å². The average Bonchev–Trinajstić information content (AvgIpc) is 3.30. The predicted molar refractivity (Wildman–Crippen MR) is 136 cm³/mol. The minimum Gasteiger partial charge on any atom is -0.367 e. The van der Waals surface area contributed by atoms with Crippen molar-refractivity contribution < 1.29 is 9.32 Å². The van der Waals surface area contributed by atoms with Gasteiger partial charge in [0.05, 0.1) is 22.3 Å². The quantitative estimate of drug-likeness (QED) is 0.386. The first-order valence-electron chi connectivity index (χ1n) is 12.0. The number of hydrogen-bond donors (Lipinski definition) is 1. The molecule has 0 unspecified atom stereocenters. The molecule has 1 saturated heterocycles. The summed E-state index contributed by atoms with van der Waals surface area (Å²) in [5.74, 6) is 0.685. The smallest absolute Gasteiger partial charge is 0.196 e. The Kier molecular flexibility index (Phi) is 4.92.